The van der Waals surface area contributed by atoms with Gasteiger partial charge in [-0.15, -0.1) is 0 Å². The molecular formula is C11H11F2N3O. The van der Waals surface area contributed by atoms with Crippen molar-refractivity contribution >= 4 is 0 Å². The van der Waals surface area contributed by atoms with Gasteiger partial charge in [0.1, 0.15) is 0 Å². The lowest BCUT2D eigenvalue weighted by Gasteiger charge is -2.00. The summed E-state index contributed by atoms with van der Waals surface area (Å²) in [6, 6.07) is 5.47. The summed E-state index contributed by atoms with van der Waals surface area (Å²) in [4.78, 5) is 4.03. The fourth-order valence-electron chi connectivity index (χ4n) is 1.35. The van der Waals surface area contributed by atoms with Crippen LogP contribution >= 0.6 is 0 Å². The second kappa shape index (κ2) is 4.58. The second-order valence-corrected chi connectivity index (χ2v) is 3.67. The van der Waals surface area contributed by atoms with Crippen LogP contribution in [0.5, 0.6) is 0 Å². The first-order valence-corrected chi connectivity index (χ1v) is 5.05. The molecular weight excluding hydrogens is 228 g/mol. The summed E-state index contributed by atoms with van der Waals surface area (Å²) < 4.78 is 29.9. The number of rotatable bonds is 3. The molecule has 0 bridgehead atoms. The second-order valence-electron chi connectivity index (χ2n) is 3.67. The molecule has 6 heteroatoms. The maximum atomic E-state index is 12.5. The predicted octanol–water partition coefficient (Wildman–Crippen LogP) is 2.69. The van der Waals surface area contributed by atoms with Crippen molar-refractivity contribution in [2.45, 2.75) is 19.4 Å². The molecule has 1 atom stereocenters. The molecule has 0 aliphatic carbocycles. The van der Waals surface area contributed by atoms with Crippen LogP contribution in [0.25, 0.3) is 11.4 Å². The highest BCUT2D eigenvalue weighted by Crippen LogP contribution is 2.24. The molecule has 90 valence electrons. The van der Waals surface area contributed by atoms with Crippen LogP contribution in [0.1, 0.15) is 30.8 Å². The Balaban J connectivity index is 2.35. The molecule has 1 aromatic carbocycles. The van der Waals surface area contributed by atoms with E-state index < -0.39 is 6.43 Å². The first-order valence-electron chi connectivity index (χ1n) is 5.05. The quantitative estimate of drug-likeness (QED) is 0.894. The topological polar surface area (TPSA) is 64.9 Å². The van der Waals surface area contributed by atoms with Crippen LogP contribution in [0.2, 0.25) is 0 Å². The Morgan fingerprint density at radius 2 is 2.12 bits per heavy atom. The average Bonchev–Trinajstić information content (AvgIpc) is 2.78. The van der Waals surface area contributed by atoms with E-state index in [0.29, 0.717) is 5.56 Å². The summed E-state index contributed by atoms with van der Waals surface area (Å²) in [6.45, 7) is 1.70. The molecule has 1 heterocycles. The smallest absolute Gasteiger partial charge is 0.263 e. The third kappa shape index (κ3) is 2.47. The van der Waals surface area contributed by atoms with Gasteiger partial charge in [-0.3, -0.25) is 0 Å². The van der Waals surface area contributed by atoms with Crippen LogP contribution in [0.4, 0.5) is 8.78 Å². The molecule has 0 aliphatic heterocycles. The van der Waals surface area contributed by atoms with Gasteiger partial charge < -0.3 is 10.3 Å². The van der Waals surface area contributed by atoms with Crippen molar-refractivity contribution in [1.29, 1.82) is 0 Å². The summed E-state index contributed by atoms with van der Waals surface area (Å²) >= 11 is 0. The van der Waals surface area contributed by atoms with Crippen molar-refractivity contribution in [2.75, 3.05) is 0 Å². The highest BCUT2D eigenvalue weighted by molar-refractivity contribution is 5.55. The molecule has 2 rings (SSSR count). The van der Waals surface area contributed by atoms with Crippen LogP contribution in [-0.4, -0.2) is 10.1 Å². The molecule has 0 spiro atoms. The molecule has 0 radical (unpaired) electrons. The summed E-state index contributed by atoms with van der Waals surface area (Å²) in [5.74, 6) is 0.544. The maximum Gasteiger partial charge on any atom is 0.263 e. The summed E-state index contributed by atoms with van der Waals surface area (Å²) in [5, 5.41) is 3.70. The lowest BCUT2D eigenvalue weighted by atomic mass is 10.1. The lowest BCUT2D eigenvalue weighted by Crippen LogP contribution is -2.04. The number of hydrogen-bond donors (Lipinski definition) is 1. The minimum atomic E-state index is -2.52. The first kappa shape index (κ1) is 11.7. The van der Waals surface area contributed by atoms with E-state index >= 15 is 0 Å². The predicted molar refractivity (Wildman–Crippen MR) is 57.3 cm³/mol. The molecule has 2 aromatic rings. The van der Waals surface area contributed by atoms with E-state index in [2.05, 4.69) is 10.1 Å². The third-order valence-corrected chi connectivity index (χ3v) is 2.23. The zero-order valence-corrected chi connectivity index (χ0v) is 9.10. The number of benzene rings is 1. The van der Waals surface area contributed by atoms with E-state index in [0.717, 1.165) is 0 Å². The molecule has 0 aliphatic rings. The first-order chi connectivity index (χ1) is 8.08. The van der Waals surface area contributed by atoms with Crippen LogP contribution in [0.15, 0.2) is 28.8 Å². The fraction of sp³-hybridized carbons (Fsp3) is 0.273. The fourth-order valence-corrected chi connectivity index (χ4v) is 1.35. The largest absolute Gasteiger partial charge is 0.337 e. The van der Waals surface area contributed by atoms with Crippen molar-refractivity contribution < 1.29 is 13.3 Å². The van der Waals surface area contributed by atoms with Gasteiger partial charge in [-0.2, -0.15) is 4.98 Å². The van der Waals surface area contributed by atoms with Gasteiger partial charge in [0.15, 0.2) is 0 Å². The van der Waals surface area contributed by atoms with E-state index in [1.54, 1.807) is 13.0 Å². The molecule has 0 amide bonds. The Morgan fingerprint density at radius 3 is 2.71 bits per heavy atom. The van der Waals surface area contributed by atoms with E-state index in [1.165, 1.54) is 18.2 Å². The van der Waals surface area contributed by atoms with Gasteiger partial charge in [0.25, 0.3) is 6.43 Å². The van der Waals surface area contributed by atoms with Crippen LogP contribution < -0.4 is 5.73 Å². The molecule has 0 saturated heterocycles. The van der Waals surface area contributed by atoms with Gasteiger partial charge in [-0.25, -0.2) is 8.78 Å². The van der Waals surface area contributed by atoms with Crippen LogP contribution in [-0.2, 0) is 0 Å². The summed E-state index contributed by atoms with van der Waals surface area (Å²) in [7, 11) is 0. The molecule has 0 saturated carbocycles. The minimum absolute atomic E-state index is 0.0744. The number of nitrogens with two attached hydrogens (primary N) is 1. The van der Waals surface area contributed by atoms with Crippen molar-refractivity contribution in [1.82, 2.24) is 10.1 Å². The Hall–Kier alpha value is -1.82. The molecule has 1 aromatic heterocycles. The Morgan fingerprint density at radius 1 is 1.35 bits per heavy atom. The number of halogens is 2. The molecule has 0 unspecified atom stereocenters. The monoisotopic (exact) mass is 239 g/mol. The average molecular weight is 239 g/mol. The molecule has 0 fully saturated rings. The van der Waals surface area contributed by atoms with E-state index in [9.17, 15) is 8.78 Å². The number of aromatic nitrogens is 2. The van der Waals surface area contributed by atoms with E-state index in [-0.39, 0.29) is 23.3 Å². The van der Waals surface area contributed by atoms with Gasteiger partial charge in [0, 0.05) is 11.1 Å². The normalized spacial score (nSPS) is 13.0. The SMILES string of the molecule is C[C@H](N)c1nc(-c2cccc(C(F)F)c2)no1. The lowest BCUT2D eigenvalue weighted by molar-refractivity contribution is 0.151. The van der Waals surface area contributed by atoms with Crippen molar-refractivity contribution in [3.05, 3.63) is 35.7 Å². The number of alkyl halides is 2. The minimum Gasteiger partial charge on any atom is -0.337 e. The van der Waals surface area contributed by atoms with Gasteiger partial charge in [-0.1, -0.05) is 23.4 Å². The standard InChI is InChI=1S/C11H11F2N3O/c1-6(14)11-15-10(16-17-11)8-4-2-3-7(5-8)9(12)13/h2-6,9H,14H2,1H3/t6-/m0/s1. The van der Waals surface area contributed by atoms with Crippen molar-refractivity contribution in [3.8, 4) is 11.4 Å². The van der Waals surface area contributed by atoms with Crippen molar-refractivity contribution in [2.24, 2.45) is 5.73 Å². The summed E-state index contributed by atoms with van der Waals surface area (Å²) in [5.41, 5.74) is 5.98. The number of hydrogen-bond acceptors (Lipinski definition) is 4. The Bertz CT molecular complexity index is 511. The van der Waals surface area contributed by atoms with Crippen molar-refractivity contribution in [3.63, 3.8) is 0 Å². The third-order valence-electron chi connectivity index (χ3n) is 2.23. The van der Waals surface area contributed by atoms with Gasteiger partial charge >= 0.3 is 0 Å². The van der Waals surface area contributed by atoms with E-state index in [1.807, 2.05) is 0 Å². The van der Waals surface area contributed by atoms with Gasteiger partial charge in [0.05, 0.1) is 6.04 Å². The Kier molecular flexibility index (Phi) is 3.14. The van der Waals surface area contributed by atoms with Crippen LogP contribution in [0, 0.1) is 0 Å². The Labute approximate surface area is 96.4 Å². The van der Waals surface area contributed by atoms with Gasteiger partial charge in [-0.05, 0) is 13.0 Å². The molecule has 4 nitrogen and oxygen atoms in total. The maximum absolute atomic E-state index is 12.5. The highest BCUT2D eigenvalue weighted by atomic mass is 19.3. The molecule has 2 N–H and O–H groups in total. The van der Waals surface area contributed by atoms with Crippen LogP contribution in [0.3, 0.4) is 0 Å². The van der Waals surface area contributed by atoms with E-state index in [4.69, 9.17) is 10.3 Å². The highest BCUT2D eigenvalue weighted by Gasteiger charge is 2.13. The molecule has 17 heavy (non-hydrogen) atoms. The number of nitrogens with zero attached hydrogens (tertiary/aromatic N) is 2. The van der Waals surface area contributed by atoms with Gasteiger partial charge in [0.2, 0.25) is 11.7 Å². The zero-order valence-electron chi connectivity index (χ0n) is 9.10. The zero-order chi connectivity index (χ0) is 12.4. The summed E-state index contributed by atoms with van der Waals surface area (Å²) in [6.07, 6.45) is -2.52.